The molecule has 5 rings (SSSR count). The number of thiazole rings is 1. The van der Waals surface area contributed by atoms with Crippen molar-refractivity contribution in [3.8, 4) is 0 Å². The Kier molecular flexibility index (Phi) is 6.67. The fourth-order valence-corrected chi connectivity index (χ4v) is 7.20. The number of amides is 1. The molecule has 1 aliphatic heterocycles. The molecule has 0 bridgehead atoms. The lowest BCUT2D eigenvalue weighted by molar-refractivity contribution is -0.117. The average molecular weight is 571 g/mol. The summed E-state index contributed by atoms with van der Waals surface area (Å²) in [5.74, 6) is -0.584. The van der Waals surface area contributed by atoms with Crippen LogP contribution in [0, 0.1) is 19.7 Å². The van der Waals surface area contributed by atoms with Crippen molar-refractivity contribution in [3.63, 3.8) is 0 Å². The molecule has 1 atom stereocenters. The van der Waals surface area contributed by atoms with Gasteiger partial charge in [0.2, 0.25) is 16.9 Å². The minimum atomic E-state index is -4.17. The maximum Gasteiger partial charge on any atom is 0.284 e. The van der Waals surface area contributed by atoms with Gasteiger partial charge >= 0.3 is 0 Å². The average Bonchev–Trinajstić information content (AvgIpc) is 3.43. The van der Waals surface area contributed by atoms with Crippen molar-refractivity contribution in [2.75, 3.05) is 10.2 Å². The summed E-state index contributed by atoms with van der Waals surface area (Å²) in [6.07, 6.45) is 0. The van der Waals surface area contributed by atoms with Crippen molar-refractivity contribution in [1.82, 2.24) is 19.3 Å². The summed E-state index contributed by atoms with van der Waals surface area (Å²) in [6, 6.07) is 7.87. The largest absolute Gasteiger partial charge is 0.368 e. The zero-order chi connectivity index (χ0) is 28.2. The minimum Gasteiger partial charge on any atom is -0.368 e. The Bertz CT molecular complexity index is 1820. The summed E-state index contributed by atoms with van der Waals surface area (Å²) in [4.78, 5) is 35.9. The summed E-state index contributed by atoms with van der Waals surface area (Å²) in [6.45, 7) is 7.40. The van der Waals surface area contributed by atoms with Crippen LogP contribution < -0.4 is 20.5 Å². The summed E-state index contributed by atoms with van der Waals surface area (Å²) in [5.41, 5.74) is 3.61. The number of sulfonamides is 1. The summed E-state index contributed by atoms with van der Waals surface area (Å²) >= 11 is 1.15. The lowest BCUT2D eigenvalue weighted by Gasteiger charge is -2.22. The molecular formula is C26H27FN6O4S2. The van der Waals surface area contributed by atoms with Gasteiger partial charge in [0.1, 0.15) is 10.8 Å². The third-order valence-corrected chi connectivity index (χ3v) is 8.95. The van der Waals surface area contributed by atoms with E-state index in [4.69, 9.17) is 4.98 Å². The highest BCUT2D eigenvalue weighted by molar-refractivity contribution is 7.90. The number of halogens is 1. The molecule has 2 aromatic heterocycles. The molecular weight excluding hydrogens is 543 g/mol. The van der Waals surface area contributed by atoms with Gasteiger partial charge in [0.25, 0.3) is 15.6 Å². The fourth-order valence-electron chi connectivity index (χ4n) is 4.85. The van der Waals surface area contributed by atoms with Crippen molar-refractivity contribution in [2.24, 2.45) is 7.05 Å². The normalized spacial score (nSPS) is 13.9. The minimum absolute atomic E-state index is 0.225. The van der Waals surface area contributed by atoms with Gasteiger partial charge in [-0.1, -0.05) is 12.1 Å². The smallest absolute Gasteiger partial charge is 0.284 e. The zero-order valence-corrected chi connectivity index (χ0v) is 23.6. The van der Waals surface area contributed by atoms with Crippen LogP contribution in [0.5, 0.6) is 0 Å². The number of nitrogens with zero attached hydrogens (tertiary/aromatic N) is 4. The fraction of sp³-hybridized carbons (Fsp3) is 0.308. The van der Waals surface area contributed by atoms with E-state index in [0.29, 0.717) is 40.5 Å². The van der Waals surface area contributed by atoms with Gasteiger partial charge in [0.05, 0.1) is 22.0 Å². The second-order valence-electron chi connectivity index (χ2n) is 9.69. The maximum atomic E-state index is 13.8. The number of carbonyl (C=O) groups is 1. The van der Waals surface area contributed by atoms with Crippen molar-refractivity contribution in [2.45, 2.75) is 51.9 Å². The SMILES string of the molecule is CC(=O)NS(=O)(=O)c1nc(C)sc1N[C@H](C)c1cc(C)cc2c(=O)n(C)c(N3Cc4ccc(F)cc4C3)nc12. The Labute approximate surface area is 228 Å². The molecule has 3 heterocycles. The van der Waals surface area contributed by atoms with Crippen LogP contribution in [0.2, 0.25) is 0 Å². The van der Waals surface area contributed by atoms with Gasteiger partial charge in [0.15, 0.2) is 0 Å². The Balaban J connectivity index is 1.57. The predicted octanol–water partition coefficient (Wildman–Crippen LogP) is 3.66. The highest BCUT2D eigenvalue weighted by Gasteiger charge is 2.28. The molecule has 2 aromatic carbocycles. The molecule has 0 fully saturated rings. The second-order valence-corrected chi connectivity index (χ2v) is 12.5. The second kappa shape index (κ2) is 9.72. The third kappa shape index (κ3) is 4.99. The first kappa shape index (κ1) is 26.8. The van der Waals surface area contributed by atoms with Crippen LogP contribution in [-0.4, -0.2) is 28.9 Å². The van der Waals surface area contributed by atoms with E-state index < -0.39 is 22.0 Å². The van der Waals surface area contributed by atoms with Gasteiger partial charge in [-0.15, -0.1) is 11.3 Å². The Morgan fingerprint density at radius 2 is 1.85 bits per heavy atom. The van der Waals surface area contributed by atoms with Crippen LogP contribution in [0.1, 0.15) is 47.2 Å². The van der Waals surface area contributed by atoms with Crippen molar-refractivity contribution in [3.05, 3.63) is 73.8 Å². The molecule has 1 amide bonds. The molecule has 10 nitrogen and oxygen atoms in total. The quantitative estimate of drug-likeness (QED) is 0.360. The van der Waals surface area contributed by atoms with Crippen molar-refractivity contribution < 1.29 is 17.6 Å². The van der Waals surface area contributed by atoms with Crippen LogP contribution >= 0.6 is 11.3 Å². The Morgan fingerprint density at radius 3 is 2.56 bits per heavy atom. The summed E-state index contributed by atoms with van der Waals surface area (Å²) in [7, 11) is -2.51. The van der Waals surface area contributed by atoms with Gasteiger partial charge in [-0.25, -0.2) is 19.1 Å². The highest BCUT2D eigenvalue weighted by Crippen LogP contribution is 2.34. The first-order valence-electron chi connectivity index (χ1n) is 12.1. The molecule has 39 heavy (non-hydrogen) atoms. The molecule has 1 aliphatic rings. The van der Waals surface area contributed by atoms with Gasteiger partial charge < -0.3 is 10.2 Å². The van der Waals surface area contributed by atoms with Gasteiger partial charge in [0, 0.05) is 32.6 Å². The van der Waals surface area contributed by atoms with Crippen LogP contribution in [0.25, 0.3) is 10.9 Å². The van der Waals surface area contributed by atoms with E-state index in [1.54, 1.807) is 26.1 Å². The highest BCUT2D eigenvalue weighted by atomic mass is 32.2. The van der Waals surface area contributed by atoms with E-state index >= 15 is 0 Å². The monoisotopic (exact) mass is 570 g/mol. The lowest BCUT2D eigenvalue weighted by atomic mass is 10.0. The number of fused-ring (bicyclic) bond motifs is 2. The van der Waals surface area contributed by atoms with Crippen molar-refractivity contribution in [1.29, 1.82) is 0 Å². The van der Waals surface area contributed by atoms with E-state index in [9.17, 15) is 22.4 Å². The molecule has 204 valence electrons. The third-order valence-electron chi connectivity index (χ3n) is 6.55. The number of aromatic nitrogens is 3. The van der Waals surface area contributed by atoms with E-state index in [2.05, 4.69) is 10.3 Å². The maximum absolute atomic E-state index is 13.8. The van der Waals surface area contributed by atoms with Crippen LogP contribution in [0.4, 0.5) is 15.3 Å². The molecule has 13 heteroatoms. The number of hydrogen-bond donors (Lipinski definition) is 2. The van der Waals surface area contributed by atoms with Crippen molar-refractivity contribution >= 4 is 49.1 Å². The van der Waals surface area contributed by atoms with E-state index in [1.807, 2.05) is 29.5 Å². The van der Waals surface area contributed by atoms with Gasteiger partial charge in [-0.05, 0) is 55.7 Å². The first-order chi connectivity index (χ1) is 18.3. The molecule has 0 saturated carbocycles. The number of benzene rings is 2. The number of hydrogen-bond acceptors (Lipinski definition) is 9. The number of aryl methyl sites for hydroxylation is 2. The molecule has 2 N–H and O–H groups in total. The number of nitrogens with one attached hydrogen (secondary N) is 2. The number of anilines is 2. The van der Waals surface area contributed by atoms with E-state index in [0.717, 1.165) is 35.0 Å². The molecule has 0 radical (unpaired) electrons. The summed E-state index contributed by atoms with van der Waals surface area (Å²) in [5, 5.41) is 4.14. The molecule has 0 saturated heterocycles. The van der Waals surface area contributed by atoms with E-state index in [-0.39, 0.29) is 21.4 Å². The Morgan fingerprint density at radius 1 is 1.13 bits per heavy atom. The standard InChI is InChI=1S/C26H27FN6O4S2/c1-13-8-20(14(2)28-23-24(29-16(4)38-23)39(36,37)31-15(3)34)22-21(9-13)25(35)32(5)26(30-22)33-11-17-6-7-19(27)10-18(17)12-33/h6-10,14,28H,11-12H2,1-5H3,(H,31,34)/t14-/m1/s1. The van der Waals surface area contributed by atoms with Gasteiger partial charge in [-0.2, -0.15) is 8.42 Å². The van der Waals surface area contributed by atoms with Crippen LogP contribution in [0.15, 0.2) is 40.2 Å². The number of carbonyl (C=O) groups excluding carboxylic acids is 1. The van der Waals surface area contributed by atoms with E-state index in [1.165, 1.54) is 16.7 Å². The van der Waals surface area contributed by atoms with Crippen LogP contribution in [-0.2, 0) is 35.0 Å². The first-order valence-corrected chi connectivity index (χ1v) is 14.4. The molecule has 0 spiro atoms. The molecule has 0 aliphatic carbocycles. The molecule has 0 unspecified atom stereocenters. The lowest BCUT2D eigenvalue weighted by Crippen LogP contribution is -2.29. The van der Waals surface area contributed by atoms with Gasteiger partial charge in [-0.3, -0.25) is 14.2 Å². The predicted molar refractivity (Wildman–Crippen MR) is 148 cm³/mol. The Hall–Kier alpha value is -3.84. The summed E-state index contributed by atoms with van der Waals surface area (Å²) < 4.78 is 42.7. The van der Waals surface area contributed by atoms with Crippen LogP contribution in [0.3, 0.4) is 0 Å². The topological polar surface area (TPSA) is 126 Å². The number of rotatable bonds is 6. The zero-order valence-electron chi connectivity index (χ0n) is 22.0. The molecule has 4 aromatic rings.